The average Bonchev–Trinajstić information content (AvgIpc) is 2.56. The molecule has 0 aromatic heterocycles. The summed E-state index contributed by atoms with van der Waals surface area (Å²) in [5, 5.41) is 9.79. The normalized spacial score (nSPS) is 15.9. The number of aromatic hydroxyl groups is 1. The van der Waals surface area contributed by atoms with Crippen LogP contribution in [0, 0.1) is 0 Å². The van der Waals surface area contributed by atoms with Crippen molar-refractivity contribution >= 4 is 5.91 Å². The van der Waals surface area contributed by atoms with Crippen molar-refractivity contribution in [3.8, 4) is 5.75 Å². The molecule has 3 rings (SSSR count). The highest BCUT2D eigenvalue weighted by Gasteiger charge is 2.25. The van der Waals surface area contributed by atoms with Crippen LogP contribution < -0.4 is 0 Å². The summed E-state index contributed by atoms with van der Waals surface area (Å²) in [7, 11) is 0. The van der Waals surface area contributed by atoms with E-state index in [0.29, 0.717) is 11.5 Å². The summed E-state index contributed by atoms with van der Waals surface area (Å²) in [5.41, 5.74) is 1.75. The van der Waals surface area contributed by atoms with Gasteiger partial charge < -0.3 is 10.0 Å². The highest BCUT2D eigenvalue weighted by Crippen LogP contribution is 2.29. The Kier molecular flexibility index (Phi) is 3.91. The predicted octanol–water partition coefficient (Wildman–Crippen LogP) is 3.41. The van der Waals surface area contributed by atoms with Crippen LogP contribution in [-0.2, 0) is 0 Å². The fourth-order valence-electron chi connectivity index (χ4n) is 2.97. The number of nitrogens with zero attached hydrogens (tertiary/aromatic N) is 1. The highest BCUT2D eigenvalue weighted by atomic mass is 16.3. The fraction of sp³-hybridized carbons (Fsp3) is 0.278. The van der Waals surface area contributed by atoms with E-state index in [2.05, 4.69) is 24.3 Å². The molecule has 1 N–H and O–H groups in total. The summed E-state index contributed by atoms with van der Waals surface area (Å²) in [4.78, 5) is 14.3. The highest BCUT2D eigenvalue weighted by molar-refractivity contribution is 5.96. The first-order valence-electron chi connectivity index (χ1n) is 7.38. The molecule has 2 aromatic rings. The second-order valence-electron chi connectivity index (χ2n) is 5.49. The lowest BCUT2D eigenvalue weighted by Crippen LogP contribution is -2.37. The van der Waals surface area contributed by atoms with Gasteiger partial charge >= 0.3 is 0 Å². The summed E-state index contributed by atoms with van der Waals surface area (Å²) in [6, 6.07) is 17.2. The first-order chi connectivity index (χ1) is 10.3. The van der Waals surface area contributed by atoms with E-state index in [1.54, 1.807) is 24.3 Å². The molecule has 1 aliphatic heterocycles. The standard InChI is InChI=1S/C18H19NO2/c20-17-9-5-4-8-16(17)18(21)19-12-10-15(11-13-19)14-6-2-1-3-7-14/h1-9,15,20H,10-13H2. The molecule has 0 radical (unpaired) electrons. The summed E-state index contributed by atoms with van der Waals surface area (Å²) >= 11 is 0. The molecule has 1 fully saturated rings. The number of likely N-dealkylation sites (tertiary alicyclic amines) is 1. The number of para-hydroxylation sites is 1. The summed E-state index contributed by atoms with van der Waals surface area (Å²) in [6.07, 6.45) is 1.95. The van der Waals surface area contributed by atoms with Crippen molar-refractivity contribution < 1.29 is 9.90 Å². The molecule has 0 aliphatic carbocycles. The van der Waals surface area contributed by atoms with Crippen molar-refractivity contribution in [3.05, 3.63) is 65.7 Å². The lowest BCUT2D eigenvalue weighted by molar-refractivity contribution is 0.0710. The van der Waals surface area contributed by atoms with Gasteiger partial charge in [0.2, 0.25) is 0 Å². The zero-order valence-electron chi connectivity index (χ0n) is 11.9. The molecule has 3 nitrogen and oxygen atoms in total. The van der Waals surface area contributed by atoms with Crippen LogP contribution in [0.1, 0.15) is 34.7 Å². The number of rotatable bonds is 2. The molecule has 0 bridgehead atoms. The predicted molar refractivity (Wildman–Crippen MR) is 82.4 cm³/mol. The lowest BCUT2D eigenvalue weighted by atomic mass is 9.89. The molecule has 3 heteroatoms. The van der Waals surface area contributed by atoms with Crippen molar-refractivity contribution in [2.24, 2.45) is 0 Å². The lowest BCUT2D eigenvalue weighted by Gasteiger charge is -2.32. The van der Waals surface area contributed by atoms with Crippen molar-refractivity contribution in [1.82, 2.24) is 4.90 Å². The largest absolute Gasteiger partial charge is 0.507 e. The molecule has 1 heterocycles. The Bertz CT molecular complexity index is 616. The maximum Gasteiger partial charge on any atom is 0.257 e. The van der Waals surface area contributed by atoms with Gasteiger partial charge in [0.15, 0.2) is 0 Å². The Morgan fingerprint density at radius 2 is 1.57 bits per heavy atom. The number of carbonyl (C=O) groups is 1. The molecule has 1 amide bonds. The quantitative estimate of drug-likeness (QED) is 0.916. The van der Waals surface area contributed by atoms with Crippen LogP contribution in [0.2, 0.25) is 0 Å². The maximum atomic E-state index is 12.4. The Hall–Kier alpha value is -2.29. The van der Waals surface area contributed by atoms with Gasteiger partial charge in [-0.05, 0) is 36.5 Å². The van der Waals surface area contributed by atoms with E-state index in [0.717, 1.165) is 25.9 Å². The third-order valence-corrected chi connectivity index (χ3v) is 4.19. The van der Waals surface area contributed by atoms with Crippen molar-refractivity contribution in [2.45, 2.75) is 18.8 Å². The average molecular weight is 281 g/mol. The minimum Gasteiger partial charge on any atom is -0.507 e. The van der Waals surface area contributed by atoms with Crippen molar-refractivity contribution in [2.75, 3.05) is 13.1 Å². The van der Waals surface area contributed by atoms with E-state index in [1.807, 2.05) is 11.0 Å². The van der Waals surface area contributed by atoms with E-state index in [9.17, 15) is 9.90 Å². The van der Waals surface area contributed by atoms with Gasteiger partial charge in [-0.3, -0.25) is 4.79 Å². The summed E-state index contributed by atoms with van der Waals surface area (Å²) in [6.45, 7) is 1.49. The fourth-order valence-corrected chi connectivity index (χ4v) is 2.97. The van der Waals surface area contributed by atoms with Crippen LogP contribution in [0.5, 0.6) is 5.75 Å². The number of benzene rings is 2. The van der Waals surface area contributed by atoms with E-state index < -0.39 is 0 Å². The third kappa shape index (κ3) is 2.92. The Balaban J connectivity index is 1.66. The molecule has 21 heavy (non-hydrogen) atoms. The molecule has 0 atom stereocenters. The van der Waals surface area contributed by atoms with Crippen LogP contribution in [0.15, 0.2) is 54.6 Å². The number of hydrogen-bond donors (Lipinski definition) is 1. The molecule has 1 saturated heterocycles. The second-order valence-corrected chi connectivity index (χ2v) is 5.49. The molecule has 0 spiro atoms. The van der Waals surface area contributed by atoms with E-state index in [-0.39, 0.29) is 11.7 Å². The first kappa shape index (κ1) is 13.7. The van der Waals surface area contributed by atoms with Gasteiger partial charge in [-0.1, -0.05) is 42.5 Å². The van der Waals surface area contributed by atoms with Gasteiger partial charge in [-0.15, -0.1) is 0 Å². The van der Waals surface area contributed by atoms with Gasteiger partial charge in [-0.25, -0.2) is 0 Å². The van der Waals surface area contributed by atoms with Crippen LogP contribution in [-0.4, -0.2) is 29.0 Å². The van der Waals surface area contributed by atoms with E-state index in [1.165, 1.54) is 5.56 Å². The Morgan fingerprint density at radius 3 is 2.24 bits per heavy atom. The number of amides is 1. The van der Waals surface area contributed by atoms with Crippen LogP contribution in [0.4, 0.5) is 0 Å². The minimum atomic E-state index is -0.0698. The van der Waals surface area contributed by atoms with Gasteiger partial charge in [0, 0.05) is 13.1 Å². The molecular formula is C18H19NO2. The molecule has 0 saturated carbocycles. The molecular weight excluding hydrogens is 262 g/mol. The first-order valence-corrected chi connectivity index (χ1v) is 7.38. The maximum absolute atomic E-state index is 12.4. The van der Waals surface area contributed by atoms with Crippen molar-refractivity contribution in [1.29, 1.82) is 0 Å². The number of phenols is 1. The molecule has 1 aliphatic rings. The molecule has 108 valence electrons. The minimum absolute atomic E-state index is 0.0627. The van der Waals surface area contributed by atoms with E-state index >= 15 is 0 Å². The number of phenolic OH excluding ortho intramolecular Hbond substituents is 1. The third-order valence-electron chi connectivity index (χ3n) is 4.19. The topological polar surface area (TPSA) is 40.5 Å². The zero-order valence-corrected chi connectivity index (χ0v) is 11.9. The van der Waals surface area contributed by atoms with Crippen LogP contribution in [0.25, 0.3) is 0 Å². The smallest absolute Gasteiger partial charge is 0.257 e. The van der Waals surface area contributed by atoms with Gasteiger partial charge in [0.25, 0.3) is 5.91 Å². The van der Waals surface area contributed by atoms with Gasteiger partial charge in [0.05, 0.1) is 5.56 Å². The van der Waals surface area contributed by atoms with Gasteiger partial charge in [-0.2, -0.15) is 0 Å². The molecule has 0 unspecified atom stereocenters. The SMILES string of the molecule is O=C(c1ccccc1O)N1CCC(c2ccccc2)CC1. The second kappa shape index (κ2) is 6.00. The Morgan fingerprint density at radius 1 is 0.952 bits per heavy atom. The number of hydrogen-bond acceptors (Lipinski definition) is 2. The molecule has 2 aromatic carbocycles. The number of carbonyl (C=O) groups excluding carboxylic acids is 1. The van der Waals surface area contributed by atoms with Crippen molar-refractivity contribution in [3.63, 3.8) is 0 Å². The summed E-state index contributed by atoms with van der Waals surface area (Å²) < 4.78 is 0. The van der Waals surface area contributed by atoms with Crippen LogP contribution >= 0.6 is 0 Å². The van der Waals surface area contributed by atoms with Crippen LogP contribution in [0.3, 0.4) is 0 Å². The monoisotopic (exact) mass is 281 g/mol. The van der Waals surface area contributed by atoms with E-state index in [4.69, 9.17) is 0 Å². The van der Waals surface area contributed by atoms with Gasteiger partial charge in [0.1, 0.15) is 5.75 Å². The number of piperidine rings is 1. The Labute approximate surface area is 124 Å². The zero-order chi connectivity index (χ0) is 14.7. The summed E-state index contributed by atoms with van der Waals surface area (Å²) in [5.74, 6) is 0.520.